The van der Waals surface area contributed by atoms with E-state index in [9.17, 15) is 29.7 Å². The monoisotopic (exact) mass is 670 g/mol. The van der Waals surface area contributed by atoms with Crippen molar-refractivity contribution in [2.24, 2.45) is 29.1 Å². The Morgan fingerprint density at radius 2 is 1.52 bits per heavy atom. The van der Waals surface area contributed by atoms with E-state index in [1.54, 1.807) is 19.9 Å². The summed E-state index contributed by atoms with van der Waals surface area (Å²) in [4.78, 5) is 38.4. The first kappa shape index (κ1) is 38.5. The maximum absolute atomic E-state index is 13.4. The molecule has 0 aromatic rings. The SMILES string of the molecule is CCCCCCCC/C=C\CCCCCCCC(=O)OCC1=C[C@H]2[C@@H]3C(C)(C)[C@]3(OC(C)=O)[C@H](O)[C@@H](C)[C@]2(O)[C@H]2C=C(C)C(=O)[C@@]2(O)C1. The zero-order valence-electron chi connectivity index (χ0n) is 30.4. The number of aliphatic hydroxyl groups is 3. The Morgan fingerprint density at radius 3 is 2.12 bits per heavy atom. The Bertz CT molecular complexity index is 1260. The third-order valence-electron chi connectivity index (χ3n) is 12.2. The third kappa shape index (κ3) is 7.27. The van der Waals surface area contributed by atoms with E-state index in [0.717, 1.165) is 38.5 Å². The van der Waals surface area contributed by atoms with Crippen LogP contribution in [0.1, 0.15) is 138 Å². The van der Waals surface area contributed by atoms with Crippen molar-refractivity contribution in [2.75, 3.05) is 6.61 Å². The van der Waals surface area contributed by atoms with Crippen LogP contribution in [0, 0.1) is 29.1 Å². The van der Waals surface area contributed by atoms with Gasteiger partial charge in [-0.1, -0.05) is 103 Å². The number of unbranched alkanes of at least 4 members (excludes halogenated alkanes) is 11. The highest BCUT2D eigenvalue weighted by molar-refractivity contribution is 6.04. The van der Waals surface area contributed by atoms with E-state index in [1.165, 1.54) is 51.9 Å². The summed E-state index contributed by atoms with van der Waals surface area (Å²) in [5.74, 6) is -4.30. The van der Waals surface area contributed by atoms with Crippen LogP contribution < -0.4 is 0 Å². The molecule has 8 heteroatoms. The van der Waals surface area contributed by atoms with Crippen LogP contribution in [0.4, 0.5) is 0 Å². The number of allylic oxidation sites excluding steroid dienone is 2. The number of esters is 2. The lowest BCUT2D eigenvalue weighted by Crippen LogP contribution is -2.65. The van der Waals surface area contributed by atoms with Crippen molar-refractivity contribution in [2.45, 2.75) is 161 Å². The molecule has 0 saturated heterocycles. The summed E-state index contributed by atoms with van der Waals surface area (Å²) >= 11 is 0. The Kier molecular flexibility index (Phi) is 12.6. The highest BCUT2D eigenvalue weighted by atomic mass is 16.6. The molecule has 48 heavy (non-hydrogen) atoms. The number of hydrogen-bond acceptors (Lipinski definition) is 8. The lowest BCUT2D eigenvalue weighted by Gasteiger charge is -2.52. The molecule has 2 saturated carbocycles. The molecule has 0 aromatic heterocycles. The van der Waals surface area contributed by atoms with Crippen LogP contribution in [-0.4, -0.2) is 62.6 Å². The van der Waals surface area contributed by atoms with Crippen molar-refractivity contribution in [1.29, 1.82) is 0 Å². The smallest absolute Gasteiger partial charge is 0.306 e. The molecule has 0 bridgehead atoms. The average molecular weight is 671 g/mol. The standard InChI is InChI=1S/C40H62O8/c1-7-8-9-10-11-12-13-14-15-16-17-18-19-20-21-22-33(42)47-26-30-24-31-34-37(5,6)40(34,48-29(4)41)36(44)28(3)39(31,46)32-23-27(2)35(43)38(32,45)25-30/h14-15,23-24,28,31-32,34,36,44-46H,7-13,16-22,25-26H2,1-6H3/b15-14-/t28-,31+,32+,34-,36-,38-,39-,40-/m1/s1. The second-order valence-electron chi connectivity index (χ2n) is 15.8. The highest BCUT2D eigenvalue weighted by Crippen LogP contribution is 2.76. The van der Waals surface area contributed by atoms with Gasteiger partial charge in [0.25, 0.3) is 0 Å². The summed E-state index contributed by atoms with van der Waals surface area (Å²) < 4.78 is 11.5. The Labute approximate surface area is 288 Å². The molecule has 4 aliphatic rings. The molecule has 8 nitrogen and oxygen atoms in total. The fourth-order valence-electron chi connectivity index (χ4n) is 9.48. The van der Waals surface area contributed by atoms with Crippen LogP contribution in [0.5, 0.6) is 0 Å². The van der Waals surface area contributed by atoms with Crippen LogP contribution in [0.25, 0.3) is 0 Å². The van der Waals surface area contributed by atoms with Crippen molar-refractivity contribution in [1.82, 2.24) is 0 Å². The van der Waals surface area contributed by atoms with Gasteiger partial charge in [0.2, 0.25) is 0 Å². The number of fused-ring (bicyclic) bond motifs is 5. The van der Waals surface area contributed by atoms with Gasteiger partial charge in [-0.05, 0) is 50.2 Å². The molecule has 0 aromatic carbocycles. The van der Waals surface area contributed by atoms with E-state index in [0.29, 0.717) is 17.6 Å². The van der Waals surface area contributed by atoms with Crippen molar-refractivity contribution in [3.05, 3.63) is 35.5 Å². The van der Waals surface area contributed by atoms with Crippen LogP contribution >= 0.6 is 0 Å². The molecule has 0 spiro atoms. The number of carbonyl (C=O) groups excluding carboxylic acids is 3. The summed E-state index contributed by atoms with van der Waals surface area (Å²) in [7, 11) is 0. The van der Waals surface area contributed by atoms with Gasteiger partial charge in [0.05, 0.1) is 11.7 Å². The second kappa shape index (κ2) is 15.7. The molecule has 0 radical (unpaired) electrons. The van der Waals surface area contributed by atoms with Gasteiger partial charge >= 0.3 is 11.9 Å². The van der Waals surface area contributed by atoms with E-state index in [2.05, 4.69) is 19.1 Å². The molecule has 270 valence electrons. The molecular weight excluding hydrogens is 608 g/mol. The summed E-state index contributed by atoms with van der Waals surface area (Å²) in [6.07, 6.45) is 22.3. The summed E-state index contributed by atoms with van der Waals surface area (Å²) in [6.45, 7) is 10.6. The number of Topliss-reactive ketones (excluding diaryl/α,β-unsaturated/α-hetero) is 1. The lowest BCUT2D eigenvalue weighted by atomic mass is 9.59. The Hall–Kier alpha value is -2.29. The van der Waals surface area contributed by atoms with Crippen molar-refractivity contribution >= 4 is 17.7 Å². The van der Waals surface area contributed by atoms with E-state index in [4.69, 9.17) is 9.47 Å². The number of ether oxygens (including phenoxy) is 2. The topological polar surface area (TPSA) is 130 Å². The first-order valence-electron chi connectivity index (χ1n) is 18.7. The third-order valence-corrected chi connectivity index (χ3v) is 12.2. The van der Waals surface area contributed by atoms with Gasteiger partial charge in [-0.2, -0.15) is 0 Å². The van der Waals surface area contributed by atoms with Crippen LogP contribution in [0.3, 0.4) is 0 Å². The first-order valence-corrected chi connectivity index (χ1v) is 18.7. The molecule has 0 aliphatic heterocycles. The number of carbonyl (C=O) groups is 3. The molecule has 8 atom stereocenters. The number of aliphatic hydroxyl groups excluding tert-OH is 1. The number of ketones is 1. The number of hydrogen-bond donors (Lipinski definition) is 3. The molecule has 3 N–H and O–H groups in total. The predicted octanol–water partition coefficient (Wildman–Crippen LogP) is 7.09. The number of rotatable bonds is 18. The van der Waals surface area contributed by atoms with Gasteiger partial charge in [-0.3, -0.25) is 14.4 Å². The van der Waals surface area contributed by atoms with Gasteiger partial charge in [-0.25, -0.2) is 0 Å². The van der Waals surface area contributed by atoms with Crippen molar-refractivity contribution < 1.29 is 39.2 Å². The minimum Gasteiger partial charge on any atom is -0.461 e. The maximum atomic E-state index is 13.4. The maximum Gasteiger partial charge on any atom is 0.306 e. The largest absolute Gasteiger partial charge is 0.461 e. The van der Waals surface area contributed by atoms with E-state index >= 15 is 0 Å². The quantitative estimate of drug-likeness (QED) is 0.0801. The van der Waals surface area contributed by atoms with Crippen LogP contribution in [-0.2, 0) is 23.9 Å². The average Bonchev–Trinajstić information content (AvgIpc) is 3.46. The predicted molar refractivity (Wildman–Crippen MR) is 186 cm³/mol. The molecule has 4 aliphatic carbocycles. The van der Waals surface area contributed by atoms with Crippen LogP contribution in [0.2, 0.25) is 0 Å². The van der Waals surface area contributed by atoms with Gasteiger partial charge in [0.1, 0.15) is 17.8 Å². The second-order valence-corrected chi connectivity index (χ2v) is 15.8. The summed E-state index contributed by atoms with van der Waals surface area (Å²) in [5.41, 5.74) is -4.66. The fraction of sp³-hybridized carbons (Fsp3) is 0.775. The van der Waals surface area contributed by atoms with Gasteiger partial charge < -0.3 is 24.8 Å². The summed E-state index contributed by atoms with van der Waals surface area (Å²) in [6, 6.07) is 0. The Balaban J connectivity index is 1.31. The zero-order chi connectivity index (χ0) is 35.3. The lowest BCUT2D eigenvalue weighted by molar-refractivity contribution is -0.218. The fourth-order valence-corrected chi connectivity index (χ4v) is 9.48. The molecule has 0 amide bonds. The molecule has 4 rings (SSSR count). The first-order chi connectivity index (χ1) is 22.7. The van der Waals surface area contributed by atoms with Gasteiger partial charge in [-0.15, -0.1) is 0 Å². The van der Waals surface area contributed by atoms with Crippen molar-refractivity contribution in [3.8, 4) is 0 Å². The molecule has 2 fully saturated rings. The minimum absolute atomic E-state index is 0.0969. The van der Waals surface area contributed by atoms with Gasteiger partial charge in [0.15, 0.2) is 5.78 Å². The van der Waals surface area contributed by atoms with Gasteiger partial charge in [0, 0.05) is 48.9 Å². The Morgan fingerprint density at radius 1 is 0.938 bits per heavy atom. The minimum atomic E-state index is -1.94. The zero-order valence-corrected chi connectivity index (χ0v) is 30.4. The van der Waals surface area contributed by atoms with Crippen LogP contribution in [0.15, 0.2) is 35.5 Å². The van der Waals surface area contributed by atoms with E-state index < -0.39 is 63.7 Å². The van der Waals surface area contributed by atoms with Crippen molar-refractivity contribution in [3.63, 3.8) is 0 Å². The highest BCUT2D eigenvalue weighted by Gasteiger charge is 2.86. The summed E-state index contributed by atoms with van der Waals surface area (Å²) in [5, 5.41) is 36.1. The molecule has 0 unspecified atom stereocenters. The van der Waals surface area contributed by atoms with E-state index in [-0.39, 0.29) is 19.0 Å². The normalized spacial score (nSPS) is 34.9. The van der Waals surface area contributed by atoms with E-state index in [1.807, 2.05) is 19.9 Å². The molecule has 0 heterocycles. The molecular formula is C40H62O8.